The van der Waals surface area contributed by atoms with E-state index in [1.165, 1.54) is 37.4 Å². The van der Waals surface area contributed by atoms with Gasteiger partial charge in [-0.25, -0.2) is 9.18 Å². The summed E-state index contributed by atoms with van der Waals surface area (Å²) in [6.45, 7) is 1.60. The average molecular weight is 288 g/mol. The van der Waals surface area contributed by atoms with Gasteiger partial charge in [0, 0.05) is 5.56 Å². The predicted octanol–water partition coefficient (Wildman–Crippen LogP) is 3.07. The third-order valence-electron chi connectivity index (χ3n) is 3.13. The number of carbonyl (C=O) groups is 2. The van der Waals surface area contributed by atoms with Crippen LogP contribution in [0.3, 0.4) is 0 Å². The number of carbonyl (C=O) groups excluding carboxylic acids is 1. The molecule has 21 heavy (non-hydrogen) atoms. The second-order valence-corrected chi connectivity index (χ2v) is 4.51. The van der Waals surface area contributed by atoms with Crippen LogP contribution in [-0.2, 0) is 0 Å². The Morgan fingerprint density at radius 1 is 1.10 bits per heavy atom. The highest BCUT2D eigenvalue weighted by molar-refractivity contribution is 6.11. The molecule has 0 saturated heterocycles. The fourth-order valence-electron chi connectivity index (χ4n) is 2.06. The smallest absolute Gasteiger partial charge is 0.335 e. The van der Waals surface area contributed by atoms with Gasteiger partial charge in [-0.2, -0.15) is 0 Å². The molecule has 0 aromatic heterocycles. The number of ether oxygens (including phenoxy) is 1. The molecule has 5 heteroatoms. The lowest BCUT2D eigenvalue weighted by Crippen LogP contribution is -2.07. The van der Waals surface area contributed by atoms with Gasteiger partial charge in [-0.1, -0.05) is 6.07 Å². The molecule has 0 radical (unpaired) electrons. The second-order valence-electron chi connectivity index (χ2n) is 4.51. The highest BCUT2D eigenvalue weighted by Crippen LogP contribution is 2.23. The van der Waals surface area contributed by atoms with Crippen LogP contribution in [0.4, 0.5) is 4.39 Å². The Kier molecular flexibility index (Phi) is 4.03. The Bertz CT molecular complexity index is 722. The molecule has 0 aliphatic heterocycles. The van der Waals surface area contributed by atoms with Gasteiger partial charge in [0.2, 0.25) is 0 Å². The first-order valence-corrected chi connectivity index (χ1v) is 6.16. The molecule has 0 spiro atoms. The molecule has 4 nitrogen and oxygen atoms in total. The Labute approximate surface area is 120 Å². The number of halogens is 1. The van der Waals surface area contributed by atoms with Crippen molar-refractivity contribution in [2.24, 2.45) is 0 Å². The van der Waals surface area contributed by atoms with E-state index in [0.29, 0.717) is 5.56 Å². The van der Waals surface area contributed by atoms with Crippen molar-refractivity contribution in [3.8, 4) is 5.75 Å². The van der Waals surface area contributed by atoms with Crippen LogP contribution in [0.5, 0.6) is 5.75 Å². The van der Waals surface area contributed by atoms with Crippen LogP contribution in [0.25, 0.3) is 0 Å². The minimum atomic E-state index is -1.06. The third kappa shape index (κ3) is 2.91. The summed E-state index contributed by atoms with van der Waals surface area (Å²) in [5.74, 6) is -1.76. The first kappa shape index (κ1) is 14.7. The van der Waals surface area contributed by atoms with Crippen LogP contribution < -0.4 is 4.74 Å². The topological polar surface area (TPSA) is 63.6 Å². The lowest BCUT2D eigenvalue weighted by atomic mass is 9.98. The number of carboxylic acids is 1. The molecule has 0 bridgehead atoms. The van der Waals surface area contributed by atoms with Crippen LogP contribution in [0.15, 0.2) is 36.4 Å². The van der Waals surface area contributed by atoms with Crippen LogP contribution in [0, 0.1) is 12.7 Å². The van der Waals surface area contributed by atoms with E-state index in [2.05, 4.69) is 0 Å². The summed E-state index contributed by atoms with van der Waals surface area (Å²) in [4.78, 5) is 23.4. The molecular weight excluding hydrogens is 275 g/mol. The predicted molar refractivity (Wildman–Crippen MR) is 74.5 cm³/mol. The summed E-state index contributed by atoms with van der Waals surface area (Å²) < 4.78 is 18.4. The molecule has 2 aromatic carbocycles. The molecule has 1 N–H and O–H groups in total. The zero-order valence-electron chi connectivity index (χ0n) is 11.5. The summed E-state index contributed by atoms with van der Waals surface area (Å²) in [5.41, 5.74) is 0.961. The largest absolute Gasteiger partial charge is 0.496 e. The van der Waals surface area contributed by atoms with Gasteiger partial charge >= 0.3 is 5.97 Å². The number of carboxylic acid groups (broad SMARTS) is 1. The second kappa shape index (κ2) is 5.75. The fourth-order valence-corrected chi connectivity index (χ4v) is 2.06. The third-order valence-corrected chi connectivity index (χ3v) is 3.13. The van der Waals surface area contributed by atoms with Crippen molar-refractivity contribution in [3.05, 3.63) is 64.5 Å². The summed E-state index contributed by atoms with van der Waals surface area (Å²) in [6.07, 6.45) is 0. The Hall–Kier alpha value is -2.69. The molecule has 0 fully saturated rings. The fraction of sp³-hybridized carbons (Fsp3) is 0.125. The molecule has 0 aliphatic carbocycles. The van der Waals surface area contributed by atoms with Crippen LogP contribution in [-0.4, -0.2) is 24.0 Å². The minimum Gasteiger partial charge on any atom is -0.496 e. The summed E-state index contributed by atoms with van der Waals surface area (Å²) >= 11 is 0. The maximum absolute atomic E-state index is 13.3. The van der Waals surface area contributed by atoms with Crippen molar-refractivity contribution >= 4 is 11.8 Å². The minimum absolute atomic E-state index is 0.0972. The SMILES string of the molecule is COc1ccc(F)cc1C(=O)c1ccc(C(=O)O)c(C)c1. The maximum atomic E-state index is 13.3. The maximum Gasteiger partial charge on any atom is 0.335 e. The van der Waals surface area contributed by atoms with E-state index >= 15 is 0 Å². The number of rotatable bonds is 4. The monoisotopic (exact) mass is 288 g/mol. The normalized spacial score (nSPS) is 10.2. The molecule has 2 rings (SSSR count). The number of hydrogen-bond donors (Lipinski definition) is 1. The van der Waals surface area contributed by atoms with Gasteiger partial charge in [-0.05, 0) is 42.8 Å². The molecule has 0 amide bonds. The Morgan fingerprint density at radius 3 is 2.38 bits per heavy atom. The number of aryl methyl sites for hydroxylation is 1. The zero-order valence-corrected chi connectivity index (χ0v) is 11.5. The molecule has 0 heterocycles. The van der Waals surface area contributed by atoms with E-state index in [0.717, 1.165) is 6.07 Å². The van der Waals surface area contributed by atoms with Crippen molar-refractivity contribution in [2.45, 2.75) is 6.92 Å². The van der Waals surface area contributed by atoms with Crippen molar-refractivity contribution < 1.29 is 23.8 Å². The van der Waals surface area contributed by atoms with Crippen molar-refractivity contribution in [1.29, 1.82) is 0 Å². The number of hydrogen-bond acceptors (Lipinski definition) is 3. The van der Waals surface area contributed by atoms with Crippen LogP contribution >= 0.6 is 0 Å². The van der Waals surface area contributed by atoms with Gasteiger partial charge in [-0.15, -0.1) is 0 Å². The molecule has 0 saturated carbocycles. The zero-order chi connectivity index (χ0) is 15.6. The van der Waals surface area contributed by atoms with Crippen molar-refractivity contribution in [3.63, 3.8) is 0 Å². The van der Waals surface area contributed by atoms with E-state index in [1.54, 1.807) is 6.92 Å². The number of methoxy groups -OCH3 is 1. The summed E-state index contributed by atoms with van der Waals surface area (Å²) in [5, 5.41) is 8.98. The van der Waals surface area contributed by atoms with E-state index in [4.69, 9.17) is 9.84 Å². The summed E-state index contributed by atoms with van der Waals surface area (Å²) in [6, 6.07) is 7.91. The number of aromatic carboxylic acids is 1. The lowest BCUT2D eigenvalue weighted by Gasteiger charge is -2.09. The quantitative estimate of drug-likeness (QED) is 0.878. The van der Waals surface area contributed by atoms with E-state index in [1.807, 2.05) is 0 Å². The van der Waals surface area contributed by atoms with E-state index in [9.17, 15) is 14.0 Å². The summed E-state index contributed by atoms with van der Waals surface area (Å²) in [7, 11) is 1.39. The highest BCUT2D eigenvalue weighted by Gasteiger charge is 2.17. The van der Waals surface area contributed by atoms with Crippen molar-refractivity contribution in [1.82, 2.24) is 0 Å². The molecule has 0 atom stereocenters. The van der Waals surface area contributed by atoms with E-state index in [-0.39, 0.29) is 22.4 Å². The van der Waals surface area contributed by atoms with Crippen molar-refractivity contribution in [2.75, 3.05) is 7.11 Å². The van der Waals surface area contributed by atoms with Gasteiger partial charge in [0.05, 0.1) is 18.2 Å². The lowest BCUT2D eigenvalue weighted by molar-refractivity contribution is 0.0695. The van der Waals surface area contributed by atoms with Gasteiger partial charge < -0.3 is 9.84 Å². The molecule has 0 unspecified atom stereocenters. The molecule has 2 aromatic rings. The first-order chi connectivity index (χ1) is 9.93. The van der Waals surface area contributed by atoms with E-state index < -0.39 is 17.6 Å². The first-order valence-electron chi connectivity index (χ1n) is 6.16. The number of ketones is 1. The van der Waals surface area contributed by atoms with Gasteiger partial charge in [0.15, 0.2) is 5.78 Å². The van der Waals surface area contributed by atoms with Gasteiger partial charge in [0.25, 0.3) is 0 Å². The molecule has 108 valence electrons. The van der Waals surface area contributed by atoms with Crippen LogP contribution in [0.1, 0.15) is 31.8 Å². The van der Waals surface area contributed by atoms with Gasteiger partial charge in [-0.3, -0.25) is 4.79 Å². The average Bonchev–Trinajstić information content (AvgIpc) is 2.45. The Balaban J connectivity index is 2.48. The highest BCUT2D eigenvalue weighted by atomic mass is 19.1. The van der Waals surface area contributed by atoms with Gasteiger partial charge in [0.1, 0.15) is 11.6 Å². The number of benzene rings is 2. The Morgan fingerprint density at radius 2 is 1.81 bits per heavy atom. The molecule has 0 aliphatic rings. The standard InChI is InChI=1S/C16H13FO4/c1-9-7-10(3-5-12(9)16(19)20)15(18)13-8-11(17)4-6-14(13)21-2/h3-8H,1-2H3,(H,19,20). The molecular formula is C16H13FO4. The van der Waals surface area contributed by atoms with Crippen LogP contribution in [0.2, 0.25) is 0 Å².